The topological polar surface area (TPSA) is 24.5 Å². The summed E-state index contributed by atoms with van der Waals surface area (Å²) in [6.07, 6.45) is 4.71. The number of rotatable bonds is 5. The molecule has 0 unspecified atom stereocenters. The van der Waals surface area contributed by atoms with E-state index in [1.54, 1.807) is 7.11 Å². The lowest BCUT2D eigenvalue weighted by Gasteiger charge is -2.32. The van der Waals surface area contributed by atoms with Crippen LogP contribution in [0.4, 0.5) is 10.1 Å². The molecule has 2 aromatic rings. The Labute approximate surface area is 160 Å². The minimum absolute atomic E-state index is 0.216. The quantitative estimate of drug-likeness (QED) is 0.721. The van der Waals surface area contributed by atoms with Gasteiger partial charge in [-0.15, -0.1) is 0 Å². The van der Waals surface area contributed by atoms with Crippen LogP contribution in [0.3, 0.4) is 0 Å². The van der Waals surface area contributed by atoms with E-state index in [0.717, 1.165) is 35.4 Å². The molecule has 3 nitrogen and oxygen atoms in total. The molecule has 5 heteroatoms. The third-order valence-electron chi connectivity index (χ3n) is 4.89. The molecule has 3 rings (SSSR count). The van der Waals surface area contributed by atoms with Gasteiger partial charge in [0.25, 0.3) is 0 Å². The number of aryl methyl sites for hydroxylation is 1. The molecule has 1 aliphatic rings. The molecule has 0 amide bonds. The second-order valence-corrected chi connectivity index (χ2v) is 7.21. The van der Waals surface area contributed by atoms with Gasteiger partial charge in [-0.05, 0) is 67.4 Å². The van der Waals surface area contributed by atoms with Gasteiger partial charge < -0.3 is 15.0 Å². The van der Waals surface area contributed by atoms with Crippen molar-refractivity contribution in [2.75, 3.05) is 12.4 Å². The summed E-state index contributed by atoms with van der Waals surface area (Å²) in [6, 6.07) is 13.1. The van der Waals surface area contributed by atoms with Crippen LogP contribution in [0.1, 0.15) is 36.8 Å². The van der Waals surface area contributed by atoms with E-state index < -0.39 is 0 Å². The molecule has 1 saturated carbocycles. The van der Waals surface area contributed by atoms with E-state index in [2.05, 4.69) is 10.2 Å². The number of anilines is 1. The van der Waals surface area contributed by atoms with Gasteiger partial charge >= 0.3 is 0 Å². The van der Waals surface area contributed by atoms with Crippen molar-refractivity contribution < 1.29 is 9.13 Å². The van der Waals surface area contributed by atoms with Crippen LogP contribution >= 0.6 is 12.2 Å². The predicted octanol–water partition coefficient (Wildman–Crippen LogP) is 5.28. The highest BCUT2D eigenvalue weighted by atomic mass is 32.1. The molecular weight excluding hydrogens is 347 g/mol. The highest BCUT2D eigenvalue weighted by molar-refractivity contribution is 7.80. The van der Waals surface area contributed by atoms with Crippen LogP contribution in [0, 0.1) is 12.7 Å². The van der Waals surface area contributed by atoms with Gasteiger partial charge in [0.2, 0.25) is 0 Å². The zero-order valence-corrected chi connectivity index (χ0v) is 16.1. The number of nitrogens with zero attached hydrogens (tertiary/aromatic N) is 1. The summed E-state index contributed by atoms with van der Waals surface area (Å²) in [4.78, 5) is 2.23. The lowest BCUT2D eigenvalue weighted by molar-refractivity contribution is 0.312. The molecule has 0 atom stereocenters. The number of hydrogen-bond acceptors (Lipinski definition) is 2. The maximum absolute atomic E-state index is 13.2. The number of halogens is 1. The average molecular weight is 373 g/mol. The molecule has 0 bridgehead atoms. The summed E-state index contributed by atoms with van der Waals surface area (Å²) < 4.78 is 18.7. The molecule has 26 heavy (non-hydrogen) atoms. The fourth-order valence-corrected chi connectivity index (χ4v) is 3.78. The zero-order valence-electron chi connectivity index (χ0n) is 15.3. The SMILES string of the molecule is COc1cc(C)ccc1NC(=S)N(Cc1ccc(F)cc1)C1CCCC1. The Hall–Kier alpha value is -2.14. The van der Waals surface area contributed by atoms with E-state index in [1.807, 2.05) is 37.3 Å². The zero-order chi connectivity index (χ0) is 18.5. The first kappa shape index (κ1) is 18.6. The van der Waals surface area contributed by atoms with Gasteiger partial charge in [0, 0.05) is 12.6 Å². The van der Waals surface area contributed by atoms with Gasteiger partial charge in [-0.2, -0.15) is 0 Å². The van der Waals surface area contributed by atoms with E-state index in [1.165, 1.54) is 25.0 Å². The highest BCUT2D eigenvalue weighted by Gasteiger charge is 2.25. The van der Waals surface area contributed by atoms with Crippen LogP contribution in [0.2, 0.25) is 0 Å². The maximum atomic E-state index is 13.2. The molecule has 2 aromatic carbocycles. The monoisotopic (exact) mass is 372 g/mol. The molecule has 1 aliphatic carbocycles. The lowest BCUT2D eigenvalue weighted by atomic mass is 10.1. The molecule has 0 heterocycles. The molecule has 1 fully saturated rings. The summed E-state index contributed by atoms with van der Waals surface area (Å²) in [6.45, 7) is 2.70. The Bertz CT molecular complexity index is 757. The number of benzene rings is 2. The predicted molar refractivity (Wildman–Crippen MR) is 108 cm³/mol. The van der Waals surface area contributed by atoms with E-state index in [-0.39, 0.29) is 5.82 Å². The lowest BCUT2D eigenvalue weighted by Crippen LogP contribution is -2.41. The normalized spacial score (nSPS) is 14.3. The number of nitrogens with one attached hydrogen (secondary N) is 1. The van der Waals surface area contributed by atoms with Crippen molar-refractivity contribution in [2.24, 2.45) is 0 Å². The van der Waals surface area contributed by atoms with Crippen LogP contribution in [-0.2, 0) is 6.54 Å². The average Bonchev–Trinajstić information content (AvgIpc) is 3.16. The molecule has 1 N–H and O–H groups in total. The Morgan fingerprint density at radius 2 is 1.88 bits per heavy atom. The number of hydrogen-bond donors (Lipinski definition) is 1. The van der Waals surface area contributed by atoms with Crippen molar-refractivity contribution in [3.63, 3.8) is 0 Å². The molecular formula is C21H25FN2OS. The molecule has 0 aliphatic heterocycles. The molecule has 0 radical (unpaired) electrons. The first-order valence-electron chi connectivity index (χ1n) is 9.03. The maximum Gasteiger partial charge on any atom is 0.174 e. The summed E-state index contributed by atoms with van der Waals surface area (Å²) >= 11 is 5.74. The number of thiocarbonyl (C=S) groups is 1. The molecule has 0 spiro atoms. The number of methoxy groups -OCH3 is 1. The molecule has 0 aromatic heterocycles. The standard InChI is InChI=1S/C21H25FN2OS/c1-15-7-12-19(20(13-15)25-2)23-21(26)24(18-5-3-4-6-18)14-16-8-10-17(22)11-9-16/h7-13,18H,3-6,14H2,1-2H3,(H,23,26). The van der Waals surface area contributed by atoms with Gasteiger partial charge in [-0.1, -0.05) is 31.0 Å². The molecule has 138 valence electrons. The van der Waals surface area contributed by atoms with Crippen molar-refractivity contribution in [2.45, 2.75) is 45.2 Å². The van der Waals surface area contributed by atoms with Crippen molar-refractivity contribution in [3.05, 3.63) is 59.4 Å². The van der Waals surface area contributed by atoms with Crippen molar-refractivity contribution in [3.8, 4) is 5.75 Å². The van der Waals surface area contributed by atoms with Crippen LogP contribution < -0.4 is 10.1 Å². The first-order chi connectivity index (χ1) is 12.6. The third kappa shape index (κ3) is 4.52. The van der Waals surface area contributed by atoms with Gasteiger partial charge in [-0.25, -0.2) is 4.39 Å². The van der Waals surface area contributed by atoms with Crippen LogP contribution in [-0.4, -0.2) is 23.2 Å². The van der Waals surface area contributed by atoms with Crippen LogP contribution in [0.15, 0.2) is 42.5 Å². The number of ether oxygens (including phenoxy) is 1. The van der Waals surface area contributed by atoms with Crippen LogP contribution in [0.5, 0.6) is 5.75 Å². The van der Waals surface area contributed by atoms with Crippen molar-refractivity contribution in [1.29, 1.82) is 0 Å². The Morgan fingerprint density at radius 1 is 1.19 bits per heavy atom. The second-order valence-electron chi connectivity index (χ2n) is 6.83. The fourth-order valence-electron chi connectivity index (χ4n) is 3.46. The Kier molecular flexibility index (Phi) is 6.09. The summed E-state index contributed by atoms with van der Waals surface area (Å²) in [7, 11) is 1.66. The van der Waals surface area contributed by atoms with E-state index in [0.29, 0.717) is 17.7 Å². The van der Waals surface area contributed by atoms with Crippen molar-refractivity contribution >= 4 is 23.0 Å². The third-order valence-corrected chi connectivity index (χ3v) is 5.23. The van der Waals surface area contributed by atoms with Gasteiger partial charge in [0.15, 0.2) is 5.11 Å². The highest BCUT2D eigenvalue weighted by Crippen LogP contribution is 2.29. The Morgan fingerprint density at radius 3 is 2.54 bits per heavy atom. The summed E-state index contributed by atoms with van der Waals surface area (Å²) in [5.74, 6) is 0.562. The first-order valence-corrected chi connectivity index (χ1v) is 9.44. The molecule has 0 saturated heterocycles. The Balaban J connectivity index is 1.79. The fraction of sp³-hybridized carbons (Fsp3) is 0.381. The van der Waals surface area contributed by atoms with Gasteiger partial charge in [-0.3, -0.25) is 0 Å². The van der Waals surface area contributed by atoms with E-state index in [4.69, 9.17) is 17.0 Å². The minimum Gasteiger partial charge on any atom is -0.495 e. The minimum atomic E-state index is -0.216. The van der Waals surface area contributed by atoms with Gasteiger partial charge in [0.05, 0.1) is 12.8 Å². The summed E-state index contributed by atoms with van der Waals surface area (Å²) in [5, 5.41) is 4.04. The second kappa shape index (κ2) is 8.49. The largest absolute Gasteiger partial charge is 0.495 e. The van der Waals surface area contributed by atoms with E-state index in [9.17, 15) is 4.39 Å². The van der Waals surface area contributed by atoms with Crippen molar-refractivity contribution in [1.82, 2.24) is 4.90 Å². The summed E-state index contributed by atoms with van der Waals surface area (Å²) in [5.41, 5.74) is 3.06. The smallest absolute Gasteiger partial charge is 0.174 e. The van der Waals surface area contributed by atoms with E-state index >= 15 is 0 Å². The van der Waals surface area contributed by atoms with Gasteiger partial charge in [0.1, 0.15) is 11.6 Å². The van der Waals surface area contributed by atoms with Crippen LogP contribution in [0.25, 0.3) is 0 Å².